The Morgan fingerprint density at radius 1 is 1.04 bits per heavy atom. The van der Waals surface area contributed by atoms with E-state index in [2.05, 4.69) is 30.9 Å². The van der Waals surface area contributed by atoms with Crippen LogP contribution in [0.15, 0.2) is 67.0 Å². The number of nitrogens with two attached hydrogens (primary N) is 1. The summed E-state index contributed by atoms with van der Waals surface area (Å²) in [6.07, 6.45) is 4.20. The van der Waals surface area contributed by atoms with Crippen molar-refractivity contribution >= 4 is 33.3 Å². The number of hydrogen-bond donors (Lipinski definition) is 4. The molecule has 45 heavy (non-hydrogen) atoms. The molecule has 0 aliphatic heterocycles. The van der Waals surface area contributed by atoms with Gasteiger partial charge in [0, 0.05) is 31.1 Å². The van der Waals surface area contributed by atoms with Crippen molar-refractivity contribution in [3.05, 3.63) is 101 Å². The second-order valence-electron chi connectivity index (χ2n) is 10.3. The van der Waals surface area contributed by atoms with Crippen LogP contribution in [0.2, 0.25) is 0 Å². The summed E-state index contributed by atoms with van der Waals surface area (Å²) in [5, 5.41) is 18.0. The van der Waals surface area contributed by atoms with Crippen molar-refractivity contribution in [1.29, 1.82) is 5.26 Å². The second-order valence-corrected chi connectivity index (χ2v) is 12.5. The van der Waals surface area contributed by atoms with Gasteiger partial charge in [0.15, 0.2) is 11.5 Å². The fourth-order valence-corrected chi connectivity index (χ4v) is 4.92. The molecule has 4 aromatic rings. The fourth-order valence-electron chi connectivity index (χ4n) is 4.25. The van der Waals surface area contributed by atoms with Crippen LogP contribution in [0.1, 0.15) is 56.9 Å². The van der Waals surface area contributed by atoms with Crippen LogP contribution in [-0.4, -0.2) is 53.7 Å². The normalized spacial score (nSPS) is 11.7. The number of carbonyl (C=O) groups is 2. The molecule has 4 rings (SSSR count). The number of carbonyl (C=O) groups excluding carboxylic acids is 2. The highest BCUT2D eigenvalue weighted by molar-refractivity contribution is 7.90. The van der Waals surface area contributed by atoms with Gasteiger partial charge in [-0.25, -0.2) is 27.8 Å². The Morgan fingerprint density at radius 2 is 1.76 bits per heavy atom. The Hall–Kier alpha value is -5.42. The molecule has 2 aromatic carbocycles. The summed E-state index contributed by atoms with van der Waals surface area (Å²) in [7, 11) is -3.14. The third kappa shape index (κ3) is 9.04. The predicted molar refractivity (Wildman–Crippen MR) is 167 cm³/mol. The molecule has 0 aliphatic rings. The zero-order valence-corrected chi connectivity index (χ0v) is 25.4. The van der Waals surface area contributed by atoms with E-state index in [0.29, 0.717) is 23.4 Å². The molecule has 0 fully saturated rings. The molecule has 0 radical (unpaired) electrons. The minimum absolute atomic E-state index is 0.0534. The number of nitriles is 1. The van der Waals surface area contributed by atoms with Gasteiger partial charge in [-0.3, -0.25) is 9.59 Å². The lowest BCUT2D eigenvalue weighted by atomic mass is 10.1. The topological polar surface area (TPSA) is 193 Å². The first kappa shape index (κ1) is 32.5. The molecule has 2 aromatic heterocycles. The number of aromatic nitrogens is 3. The zero-order valence-electron chi connectivity index (χ0n) is 24.5. The lowest BCUT2D eigenvalue weighted by molar-refractivity contribution is 0.0935. The third-order valence-electron chi connectivity index (χ3n) is 6.68. The lowest BCUT2D eigenvalue weighted by Gasteiger charge is -2.16. The molecule has 0 bridgehead atoms. The Bertz CT molecular complexity index is 1840. The summed E-state index contributed by atoms with van der Waals surface area (Å²) in [4.78, 5) is 38.5. The fraction of sp³-hybridized carbons (Fsp3) is 0.226. The quantitative estimate of drug-likeness (QED) is 0.169. The van der Waals surface area contributed by atoms with Crippen LogP contribution in [-0.2, 0) is 16.4 Å². The molecule has 232 valence electrons. The summed E-state index contributed by atoms with van der Waals surface area (Å²) >= 11 is 0. The number of halogens is 1. The van der Waals surface area contributed by atoms with Crippen molar-refractivity contribution in [3.8, 4) is 17.3 Å². The van der Waals surface area contributed by atoms with Gasteiger partial charge in [0.2, 0.25) is 0 Å². The van der Waals surface area contributed by atoms with E-state index >= 15 is 0 Å². The predicted octanol–water partition coefficient (Wildman–Crippen LogP) is 3.40. The summed E-state index contributed by atoms with van der Waals surface area (Å²) in [5.74, 6) is -1.22. The van der Waals surface area contributed by atoms with Gasteiger partial charge in [-0.15, -0.1) is 0 Å². The van der Waals surface area contributed by atoms with E-state index < -0.39 is 27.7 Å². The lowest BCUT2D eigenvalue weighted by Crippen LogP contribution is -2.28. The summed E-state index contributed by atoms with van der Waals surface area (Å²) < 4.78 is 35.9. The van der Waals surface area contributed by atoms with Crippen LogP contribution in [0, 0.1) is 17.1 Å². The molecule has 5 N–H and O–H groups in total. The van der Waals surface area contributed by atoms with Gasteiger partial charge in [0.25, 0.3) is 11.8 Å². The van der Waals surface area contributed by atoms with Crippen LogP contribution >= 0.6 is 0 Å². The highest BCUT2D eigenvalue weighted by Gasteiger charge is 2.18. The SMILES string of the molecule is CC(NC(=O)c1cc(C#N)cnc1NCc1ccc(-c2cnc(N)c(C(=O)NCCCS(C)(=O)=O)n2)cc1)c1ccc(F)cc1. The van der Waals surface area contributed by atoms with Crippen LogP contribution in [0.3, 0.4) is 0 Å². The van der Waals surface area contributed by atoms with Crippen LogP contribution in [0.25, 0.3) is 11.3 Å². The van der Waals surface area contributed by atoms with Crippen molar-refractivity contribution in [1.82, 2.24) is 25.6 Å². The number of rotatable bonds is 12. The maximum absolute atomic E-state index is 13.3. The van der Waals surface area contributed by atoms with E-state index in [1.54, 1.807) is 31.2 Å². The van der Waals surface area contributed by atoms with E-state index in [0.717, 1.165) is 11.8 Å². The number of nitrogens with one attached hydrogen (secondary N) is 3. The highest BCUT2D eigenvalue weighted by atomic mass is 32.2. The monoisotopic (exact) mass is 630 g/mol. The van der Waals surface area contributed by atoms with Gasteiger partial charge in [0.1, 0.15) is 27.5 Å². The van der Waals surface area contributed by atoms with Crippen LogP contribution < -0.4 is 21.7 Å². The average Bonchev–Trinajstić information content (AvgIpc) is 3.02. The van der Waals surface area contributed by atoms with E-state index in [1.165, 1.54) is 30.6 Å². The van der Waals surface area contributed by atoms with Crippen molar-refractivity contribution in [3.63, 3.8) is 0 Å². The Morgan fingerprint density at radius 3 is 2.42 bits per heavy atom. The molecule has 14 heteroatoms. The highest BCUT2D eigenvalue weighted by Crippen LogP contribution is 2.22. The third-order valence-corrected chi connectivity index (χ3v) is 7.71. The minimum atomic E-state index is -3.14. The first-order chi connectivity index (χ1) is 21.4. The number of pyridine rings is 1. The van der Waals surface area contributed by atoms with Crippen LogP contribution in [0.4, 0.5) is 16.0 Å². The smallest absolute Gasteiger partial charge is 0.273 e. The summed E-state index contributed by atoms with van der Waals surface area (Å²) in [6, 6.07) is 16.0. The second kappa shape index (κ2) is 14.4. The van der Waals surface area contributed by atoms with Gasteiger partial charge >= 0.3 is 0 Å². The number of anilines is 2. The Labute approximate surface area is 259 Å². The number of amides is 2. The van der Waals surface area contributed by atoms with E-state index in [9.17, 15) is 27.7 Å². The first-order valence-electron chi connectivity index (χ1n) is 13.8. The largest absolute Gasteiger partial charge is 0.382 e. The van der Waals surface area contributed by atoms with E-state index in [4.69, 9.17) is 5.73 Å². The van der Waals surface area contributed by atoms with Crippen molar-refractivity contribution in [2.24, 2.45) is 0 Å². The van der Waals surface area contributed by atoms with E-state index in [-0.39, 0.29) is 53.0 Å². The van der Waals surface area contributed by atoms with Gasteiger partial charge < -0.3 is 21.7 Å². The molecule has 0 saturated heterocycles. The standard InChI is InChI=1S/C31H31FN8O4S/c1-19(22-8-10-24(32)11-9-22)39-30(41)25-14-21(15-33)17-38-29(25)37-16-20-4-6-23(7-5-20)26-18-36-28(34)27(40-26)31(42)35-12-3-13-45(2,43)44/h4-11,14,17-19H,3,12-13,16H2,1-2H3,(H2,34,36)(H,35,42)(H,37,38)(H,39,41). The first-order valence-corrected chi connectivity index (χ1v) is 15.9. The molecule has 1 unspecified atom stereocenters. The van der Waals surface area contributed by atoms with Crippen LogP contribution in [0.5, 0.6) is 0 Å². The summed E-state index contributed by atoms with van der Waals surface area (Å²) in [5.41, 5.74) is 8.83. The van der Waals surface area contributed by atoms with Crippen molar-refractivity contribution < 1.29 is 22.4 Å². The van der Waals surface area contributed by atoms with E-state index in [1.807, 2.05) is 18.2 Å². The minimum Gasteiger partial charge on any atom is -0.382 e. The zero-order chi connectivity index (χ0) is 32.6. The van der Waals surface area contributed by atoms with Gasteiger partial charge in [0.05, 0.1) is 34.8 Å². The molecule has 2 amide bonds. The molecular weight excluding hydrogens is 599 g/mol. The summed E-state index contributed by atoms with van der Waals surface area (Å²) in [6.45, 7) is 2.20. The number of hydrogen-bond acceptors (Lipinski definition) is 10. The number of benzene rings is 2. The number of nitrogen functional groups attached to an aromatic ring is 1. The maximum Gasteiger partial charge on any atom is 0.273 e. The molecule has 2 heterocycles. The maximum atomic E-state index is 13.3. The molecule has 1 atom stereocenters. The molecule has 0 spiro atoms. The molecule has 0 aliphatic carbocycles. The molecular formula is C31H31FN8O4S. The average molecular weight is 631 g/mol. The Balaban J connectivity index is 1.43. The van der Waals surface area contributed by atoms with Gasteiger partial charge in [-0.1, -0.05) is 36.4 Å². The molecule has 12 nitrogen and oxygen atoms in total. The number of nitrogens with zero attached hydrogens (tertiary/aromatic N) is 4. The van der Waals surface area contributed by atoms with Gasteiger partial charge in [-0.05, 0) is 42.7 Å². The van der Waals surface area contributed by atoms with Crippen molar-refractivity contribution in [2.45, 2.75) is 25.9 Å². The Kier molecular flexibility index (Phi) is 10.4. The number of sulfone groups is 1. The van der Waals surface area contributed by atoms with Gasteiger partial charge in [-0.2, -0.15) is 5.26 Å². The van der Waals surface area contributed by atoms with Crippen molar-refractivity contribution in [2.75, 3.05) is 29.6 Å². The molecule has 0 saturated carbocycles.